The molecule has 1 aliphatic carbocycles. The van der Waals surface area contributed by atoms with Crippen LogP contribution in [0, 0.1) is 0 Å². The van der Waals surface area contributed by atoms with Crippen molar-refractivity contribution in [2.45, 2.75) is 44.8 Å². The largest absolute Gasteiger partial charge is 0.390 e. The van der Waals surface area contributed by atoms with Crippen molar-refractivity contribution < 1.29 is 13.9 Å². The van der Waals surface area contributed by atoms with Crippen LogP contribution in [0.4, 0.5) is 8.78 Å². The quantitative estimate of drug-likeness (QED) is 0.827. The van der Waals surface area contributed by atoms with E-state index in [1.165, 1.54) is 4.68 Å². The topological polar surface area (TPSA) is 50.9 Å². The zero-order valence-electron chi connectivity index (χ0n) is 8.24. The number of rotatable bonds is 4. The van der Waals surface area contributed by atoms with Crippen LogP contribution in [-0.4, -0.2) is 26.5 Å². The van der Waals surface area contributed by atoms with E-state index in [0.717, 1.165) is 19.3 Å². The molecule has 1 aliphatic rings. The average Bonchev–Trinajstić information content (AvgIpc) is 2.45. The van der Waals surface area contributed by atoms with Crippen molar-refractivity contribution in [3.8, 4) is 0 Å². The SMILES string of the molecule is OCc1nnn(CC(F)F)c1C1CCC1. The van der Waals surface area contributed by atoms with E-state index in [0.29, 0.717) is 11.4 Å². The summed E-state index contributed by atoms with van der Waals surface area (Å²) in [4.78, 5) is 0. The van der Waals surface area contributed by atoms with Crippen LogP contribution < -0.4 is 0 Å². The number of aliphatic hydroxyl groups excluding tert-OH is 1. The predicted octanol–water partition coefficient (Wildman–Crippen LogP) is 1.30. The van der Waals surface area contributed by atoms with Crippen LogP contribution in [0.2, 0.25) is 0 Å². The van der Waals surface area contributed by atoms with Gasteiger partial charge in [0.2, 0.25) is 0 Å². The lowest BCUT2D eigenvalue weighted by atomic mass is 9.82. The molecule has 1 heterocycles. The summed E-state index contributed by atoms with van der Waals surface area (Å²) in [6, 6.07) is 0. The molecule has 0 aromatic carbocycles. The van der Waals surface area contributed by atoms with Crippen LogP contribution in [-0.2, 0) is 13.2 Å². The minimum Gasteiger partial charge on any atom is -0.390 e. The molecule has 1 aromatic rings. The zero-order valence-corrected chi connectivity index (χ0v) is 8.24. The average molecular weight is 217 g/mol. The molecule has 4 nitrogen and oxygen atoms in total. The van der Waals surface area contributed by atoms with Gasteiger partial charge in [0.15, 0.2) is 0 Å². The van der Waals surface area contributed by atoms with Crippen LogP contribution >= 0.6 is 0 Å². The van der Waals surface area contributed by atoms with Crippen molar-refractivity contribution >= 4 is 0 Å². The van der Waals surface area contributed by atoms with Gasteiger partial charge < -0.3 is 5.11 Å². The van der Waals surface area contributed by atoms with Crippen LogP contribution in [0.15, 0.2) is 0 Å². The summed E-state index contributed by atoms with van der Waals surface area (Å²) in [5, 5.41) is 16.4. The van der Waals surface area contributed by atoms with Gasteiger partial charge in [-0.2, -0.15) is 0 Å². The molecule has 1 fully saturated rings. The molecule has 6 heteroatoms. The van der Waals surface area contributed by atoms with Gasteiger partial charge in [-0.25, -0.2) is 13.5 Å². The molecule has 0 unspecified atom stereocenters. The predicted molar refractivity (Wildman–Crippen MR) is 48.5 cm³/mol. The molecule has 0 atom stereocenters. The monoisotopic (exact) mass is 217 g/mol. The second kappa shape index (κ2) is 4.22. The Morgan fingerprint density at radius 3 is 2.67 bits per heavy atom. The molecule has 1 saturated carbocycles. The van der Waals surface area contributed by atoms with Crippen molar-refractivity contribution in [3.05, 3.63) is 11.4 Å². The van der Waals surface area contributed by atoms with E-state index in [1.807, 2.05) is 0 Å². The minimum atomic E-state index is -2.43. The maximum Gasteiger partial charge on any atom is 0.257 e. The summed E-state index contributed by atoms with van der Waals surface area (Å²) in [5.74, 6) is 0.251. The van der Waals surface area contributed by atoms with Crippen LogP contribution in [0.3, 0.4) is 0 Å². The van der Waals surface area contributed by atoms with E-state index in [4.69, 9.17) is 5.11 Å². The number of halogens is 2. The van der Waals surface area contributed by atoms with E-state index >= 15 is 0 Å². The van der Waals surface area contributed by atoms with E-state index in [-0.39, 0.29) is 12.5 Å². The van der Waals surface area contributed by atoms with Crippen LogP contribution in [0.1, 0.15) is 36.6 Å². The van der Waals surface area contributed by atoms with E-state index in [1.54, 1.807) is 0 Å². The normalized spacial score (nSPS) is 17.1. The van der Waals surface area contributed by atoms with Crippen molar-refractivity contribution in [1.82, 2.24) is 15.0 Å². The molecule has 15 heavy (non-hydrogen) atoms. The fraction of sp³-hybridized carbons (Fsp3) is 0.778. The Hall–Kier alpha value is -1.04. The maximum absolute atomic E-state index is 12.2. The third-order valence-electron chi connectivity index (χ3n) is 2.80. The van der Waals surface area contributed by atoms with E-state index in [9.17, 15) is 8.78 Å². The Labute approximate surface area is 85.9 Å². The first kappa shape index (κ1) is 10.5. The van der Waals surface area contributed by atoms with Gasteiger partial charge in [0, 0.05) is 5.92 Å². The Morgan fingerprint density at radius 1 is 1.47 bits per heavy atom. The van der Waals surface area contributed by atoms with Gasteiger partial charge in [-0.1, -0.05) is 11.6 Å². The highest BCUT2D eigenvalue weighted by molar-refractivity contribution is 5.17. The summed E-state index contributed by atoms with van der Waals surface area (Å²) >= 11 is 0. The second-order valence-corrected chi connectivity index (χ2v) is 3.78. The third-order valence-corrected chi connectivity index (χ3v) is 2.80. The smallest absolute Gasteiger partial charge is 0.257 e. The summed E-state index contributed by atoms with van der Waals surface area (Å²) in [7, 11) is 0. The standard InChI is InChI=1S/C9H13F2N3O/c10-8(11)4-14-9(6-2-1-3-6)7(5-15)12-13-14/h6,8,15H,1-5H2. The summed E-state index contributed by atoms with van der Waals surface area (Å²) in [6.07, 6.45) is 0.625. The van der Waals surface area contributed by atoms with Crippen molar-refractivity contribution in [3.63, 3.8) is 0 Å². The van der Waals surface area contributed by atoms with Crippen molar-refractivity contribution in [2.24, 2.45) is 0 Å². The molecule has 1 N–H and O–H groups in total. The number of alkyl halides is 2. The molecule has 84 valence electrons. The van der Waals surface area contributed by atoms with Gasteiger partial charge in [-0.05, 0) is 12.8 Å². The Morgan fingerprint density at radius 2 is 2.20 bits per heavy atom. The molecule has 0 saturated heterocycles. The third kappa shape index (κ3) is 1.99. The number of hydrogen-bond acceptors (Lipinski definition) is 3. The fourth-order valence-electron chi connectivity index (χ4n) is 1.86. The molecule has 0 radical (unpaired) electrons. The second-order valence-electron chi connectivity index (χ2n) is 3.78. The highest BCUT2D eigenvalue weighted by atomic mass is 19.3. The van der Waals surface area contributed by atoms with Crippen molar-refractivity contribution in [1.29, 1.82) is 0 Å². The van der Waals surface area contributed by atoms with Crippen molar-refractivity contribution in [2.75, 3.05) is 0 Å². The zero-order chi connectivity index (χ0) is 10.8. The van der Waals surface area contributed by atoms with E-state index in [2.05, 4.69) is 10.3 Å². The van der Waals surface area contributed by atoms with Gasteiger partial charge in [0.1, 0.15) is 12.2 Å². The lowest BCUT2D eigenvalue weighted by Gasteiger charge is -2.26. The first-order valence-corrected chi connectivity index (χ1v) is 5.03. The molecule has 0 bridgehead atoms. The lowest BCUT2D eigenvalue weighted by molar-refractivity contribution is 0.118. The number of nitrogens with zero attached hydrogens (tertiary/aromatic N) is 3. The summed E-state index contributed by atoms with van der Waals surface area (Å²) < 4.78 is 25.7. The molecule has 0 spiro atoms. The van der Waals surface area contributed by atoms with Gasteiger partial charge in [0.05, 0.1) is 12.3 Å². The minimum absolute atomic E-state index is 0.227. The van der Waals surface area contributed by atoms with Crippen LogP contribution in [0.5, 0.6) is 0 Å². The van der Waals surface area contributed by atoms with Gasteiger partial charge in [0.25, 0.3) is 6.43 Å². The first-order valence-electron chi connectivity index (χ1n) is 5.03. The molecular formula is C9H13F2N3O. The Bertz CT molecular complexity index is 336. The highest BCUT2D eigenvalue weighted by Gasteiger charge is 2.28. The number of hydrogen-bond donors (Lipinski definition) is 1. The van der Waals surface area contributed by atoms with E-state index < -0.39 is 13.0 Å². The van der Waals surface area contributed by atoms with Gasteiger partial charge in [-0.15, -0.1) is 5.10 Å². The highest BCUT2D eigenvalue weighted by Crippen LogP contribution is 2.37. The fourth-order valence-corrected chi connectivity index (χ4v) is 1.86. The van der Waals surface area contributed by atoms with Gasteiger partial charge >= 0.3 is 0 Å². The maximum atomic E-state index is 12.2. The Kier molecular flexibility index (Phi) is 2.95. The van der Waals surface area contributed by atoms with Crippen LogP contribution in [0.25, 0.3) is 0 Å². The summed E-state index contributed by atoms with van der Waals surface area (Å²) in [5.41, 5.74) is 1.14. The first-order chi connectivity index (χ1) is 7.22. The molecule has 0 amide bonds. The molecular weight excluding hydrogens is 204 g/mol. The lowest BCUT2D eigenvalue weighted by Crippen LogP contribution is -2.19. The molecule has 2 rings (SSSR count). The number of aliphatic hydroxyl groups is 1. The summed E-state index contributed by atoms with van der Waals surface area (Å²) in [6.45, 7) is -0.659. The number of aromatic nitrogens is 3. The molecule has 1 aromatic heterocycles. The Balaban J connectivity index is 2.24. The molecule has 0 aliphatic heterocycles. The van der Waals surface area contributed by atoms with Gasteiger partial charge in [-0.3, -0.25) is 0 Å².